The van der Waals surface area contributed by atoms with Crippen molar-refractivity contribution >= 4 is 11.9 Å². The van der Waals surface area contributed by atoms with Crippen molar-refractivity contribution < 1.29 is 19.1 Å². The zero-order valence-corrected chi connectivity index (χ0v) is 17.0. The molecule has 6 heteroatoms. The van der Waals surface area contributed by atoms with Gasteiger partial charge in [-0.05, 0) is 38.0 Å². The topological polar surface area (TPSA) is 77.5 Å². The van der Waals surface area contributed by atoms with E-state index in [2.05, 4.69) is 10.3 Å². The number of rotatable bonds is 5. The van der Waals surface area contributed by atoms with Gasteiger partial charge in [-0.25, -0.2) is 9.59 Å². The molecular weight excluding hydrogens is 368 g/mol. The highest BCUT2D eigenvalue weighted by molar-refractivity contribution is 5.99. The van der Waals surface area contributed by atoms with Gasteiger partial charge in [0.1, 0.15) is 6.61 Å². The largest absolute Gasteiger partial charge is 0.466 e. The van der Waals surface area contributed by atoms with E-state index in [9.17, 15) is 9.59 Å². The fourth-order valence-electron chi connectivity index (χ4n) is 3.44. The number of aryl methyl sites for hydroxylation is 1. The number of aromatic nitrogens is 1. The highest BCUT2D eigenvalue weighted by Gasteiger charge is 2.37. The number of carbonyl (C=O) groups is 2. The third kappa shape index (κ3) is 4.37. The van der Waals surface area contributed by atoms with E-state index in [0.29, 0.717) is 22.5 Å². The van der Waals surface area contributed by atoms with Gasteiger partial charge >= 0.3 is 11.9 Å². The number of ether oxygens (including phenoxy) is 2. The van der Waals surface area contributed by atoms with Crippen molar-refractivity contribution in [3.05, 3.63) is 88.0 Å². The molecule has 0 fully saturated rings. The Balaban J connectivity index is 1.95. The Kier molecular flexibility index (Phi) is 6.12. The van der Waals surface area contributed by atoms with E-state index in [1.165, 1.54) is 7.11 Å². The number of pyridine rings is 1. The number of hydrogen-bond donors (Lipinski definition) is 1. The van der Waals surface area contributed by atoms with Crippen molar-refractivity contribution in [3.8, 4) is 0 Å². The third-order valence-electron chi connectivity index (χ3n) is 4.89. The van der Waals surface area contributed by atoms with E-state index in [4.69, 9.17) is 9.47 Å². The van der Waals surface area contributed by atoms with Gasteiger partial charge in [0.25, 0.3) is 0 Å². The molecule has 1 atom stereocenters. The van der Waals surface area contributed by atoms with Crippen LogP contribution in [0.3, 0.4) is 0 Å². The number of dihydropyridines is 1. The van der Waals surface area contributed by atoms with E-state index < -0.39 is 17.9 Å². The Labute approximate surface area is 170 Å². The van der Waals surface area contributed by atoms with Crippen LogP contribution in [0.15, 0.2) is 71.3 Å². The lowest BCUT2D eigenvalue weighted by molar-refractivity contribution is -0.140. The minimum Gasteiger partial charge on any atom is -0.466 e. The fraction of sp³-hybridized carbons (Fsp3) is 0.261. The second kappa shape index (κ2) is 8.73. The number of esters is 2. The molecule has 6 nitrogen and oxygen atoms in total. The summed E-state index contributed by atoms with van der Waals surface area (Å²) in [5.41, 5.74) is 4.76. The Bertz CT molecular complexity index is 976. The summed E-state index contributed by atoms with van der Waals surface area (Å²) in [4.78, 5) is 29.8. The van der Waals surface area contributed by atoms with E-state index in [1.807, 2.05) is 37.3 Å². The number of benzene rings is 1. The Morgan fingerprint density at radius 2 is 1.66 bits per heavy atom. The average molecular weight is 392 g/mol. The lowest BCUT2D eigenvalue weighted by Gasteiger charge is -2.30. The summed E-state index contributed by atoms with van der Waals surface area (Å²) < 4.78 is 10.6. The first-order valence-corrected chi connectivity index (χ1v) is 9.31. The summed E-state index contributed by atoms with van der Waals surface area (Å²) in [6.45, 7) is 5.72. The van der Waals surface area contributed by atoms with E-state index >= 15 is 0 Å². The highest BCUT2D eigenvalue weighted by atomic mass is 16.5. The maximum atomic E-state index is 13.1. The van der Waals surface area contributed by atoms with Gasteiger partial charge in [0, 0.05) is 23.8 Å². The maximum Gasteiger partial charge on any atom is 0.337 e. The minimum absolute atomic E-state index is 0.145. The van der Waals surface area contributed by atoms with Crippen molar-refractivity contribution in [2.75, 3.05) is 7.11 Å². The van der Waals surface area contributed by atoms with Crippen LogP contribution in [-0.2, 0) is 25.7 Å². The van der Waals surface area contributed by atoms with Gasteiger partial charge < -0.3 is 14.8 Å². The van der Waals surface area contributed by atoms with Crippen molar-refractivity contribution in [3.63, 3.8) is 0 Å². The van der Waals surface area contributed by atoms with Crippen molar-refractivity contribution in [2.24, 2.45) is 0 Å². The molecule has 1 aliphatic rings. The summed E-state index contributed by atoms with van der Waals surface area (Å²) in [6, 6.07) is 11.4. The molecule has 1 N–H and O–H groups in total. The van der Waals surface area contributed by atoms with Crippen LogP contribution in [0.4, 0.5) is 0 Å². The molecule has 0 spiro atoms. The van der Waals surface area contributed by atoms with E-state index in [1.54, 1.807) is 32.3 Å². The molecule has 2 aromatic rings. The van der Waals surface area contributed by atoms with Crippen LogP contribution in [0.1, 0.15) is 36.5 Å². The number of nitrogens with zero attached hydrogens (tertiary/aromatic N) is 1. The molecule has 3 rings (SSSR count). The highest BCUT2D eigenvalue weighted by Crippen LogP contribution is 2.38. The number of hydrogen-bond acceptors (Lipinski definition) is 6. The van der Waals surface area contributed by atoms with Crippen LogP contribution in [-0.4, -0.2) is 24.0 Å². The van der Waals surface area contributed by atoms with E-state index in [0.717, 1.165) is 16.7 Å². The number of allylic oxidation sites excluding steroid dienone is 2. The lowest BCUT2D eigenvalue weighted by Crippen LogP contribution is -2.32. The summed E-state index contributed by atoms with van der Waals surface area (Å²) in [7, 11) is 1.32. The van der Waals surface area contributed by atoms with E-state index in [-0.39, 0.29) is 6.61 Å². The lowest BCUT2D eigenvalue weighted by atomic mass is 9.81. The smallest absolute Gasteiger partial charge is 0.337 e. The van der Waals surface area contributed by atoms with Crippen molar-refractivity contribution in [1.29, 1.82) is 0 Å². The van der Waals surface area contributed by atoms with Gasteiger partial charge in [-0.1, -0.05) is 35.9 Å². The number of nitrogens with one attached hydrogen (secondary N) is 1. The molecule has 1 aromatic carbocycles. The van der Waals surface area contributed by atoms with Gasteiger partial charge in [-0.15, -0.1) is 0 Å². The minimum atomic E-state index is -0.622. The second-order valence-electron chi connectivity index (χ2n) is 6.98. The Morgan fingerprint density at radius 3 is 2.24 bits per heavy atom. The van der Waals surface area contributed by atoms with Crippen LogP contribution in [0.5, 0.6) is 0 Å². The van der Waals surface area contributed by atoms with Gasteiger partial charge in [0.2, 0.25) is 0 Å². The average Bonchev–Trinajstić information content (AvgIpc) is 2.72. The first-order chi connectivity index (χ1) is 13.9. The first-order valence-electron chi connectivity index (χ1n) is 9.31. The molecule has 1 aromatic heterocycles. The summed E-state index contributed by atoms with van der Waals surface area (Å²) in [5.74, 6) is -1.61. The van der Waals surface area contributed by atoms with Gasteiger partial charge in [0.05, 0.1) is 24.2 Å². The Morgan fingerprint density at radius 1 is 1.00 bits per heavy atom. The maximum absolute atomic E-state index is 13.1. The van der Waals surface area contributed by atoms with Gasteiger partial charge in [-0.3, -0.25) is 4.98 Å². The summed E-state index contributed by atoms with van der Waals surface area (Å²) in [5, 5.41) is 3.12. The van der Waals surface area contributed by atoms with Gasteiger partial charge in [0.15, 0.2) is 0 Å². The monoisotopic (exact) mass is 392 g/mol. The first kappa shape index (κ1) is 20.3. The molecule has 0 saturated carbocycles. The molecule has 0 radical (unpaired) electrons. The molecule has 0 saturated heterocycles. The SMILES string of the molecule is COC(=O)C1=C(C)NC(C)=C(C(=O)OCc2ccc(C)cc2)C1c1cccnc1. The summed E-state index contributed by atoms with van der Waals surface area (Å²) >= 11 is 0. The molecule has 1 unspecified atom stereocenters. The van der Waals surface area contributed by atoms with Crippen LogP contribution in [0.2, 0.25) is 0 Å². The van der Waals surface area contributed by atoms with Crippen molar-refractivity contribution in [2.45, 2.75) is 33.3 Å². The fourth-order valence-corrected chi connectivity index (χ4v) is 3.44. The van der Waals surface area contributed by atoms with Crippen LogP contribution in [0.25, 0.3) is 0 Å². The second-order valence-corrected chi connectivity index (χ2v) is 6.98. The molecule has 29 heavy (non-hydrogen) atoms. The quantitative estimate of drug-likeness (QED) is 0.785. The normalized spacial score (nSPS) is 16.3. The molecule has 2 heterocycles. The number of carbonyl (C=O) groups excluding carboxylic acids is 2. The van der Waals surface area contributed by atoms with Crippen LogP contribution in [0, 0.1) is 6.92 Å². The molecule has 1 aliphatic heterocycles. The van der Waals surface area contributed by atoms with Crippen molar-refractivity contribution in [1.82, 2.24) is 10.3 Å². The third-order valence-corrected chi connectivity index (χ3v) is 4.89. The number of methoxy groups -OCH3 is 1. The van der Waals surface area contributed by atoms with Crippen LogP contribution < -0.4 is 5.32 Å². The molecule has 150 valence electrons. The molecule has 0 bridgehead atoms. The Hall–Kier alpha value is -3.41. The van der Waals surface area contributed by atoms with Crippen LogP contribution >= 0.6 is 0 Å². The zero-order chi connectivity index (χ0) is 21.0. The predicted octanol–water partition coefficient (Wildman–Crippen LogP) is 3.54. The van der Waals surface area contributed by atoms with Gasteiger partial charge in [-0.2, -0.15) is 0 Å². The molecule has 0 amide bonds. The molecule has 0 aliphatic carbocycles. The summed E-state index contributed by atoms with van der Waals surface area (Å²) in [6.07, 6.45) is 3.29. The predicted molar refractivity (Wildman–Crippen MR) is 109 cm³/mol. The zero-order valence-electron chi connectivity index (χ0n) is 17.0. The molecular formula is C23H24N2O4. The standard InChI is InChI=1S/C23H24N2O4/c1-14-7-9-17(10-8-14)13-29-23(27)20-16(3)25-15(2)19(22(26)28-4)21(20)18-6-5-11-24-12-18/h5-12,21,25H,13H2,1-4H3.